The minimum absolute atomic E-state index is 1.15. The molecule has 0 aromatic heterocycles. The number of rotatable bonds is 9. The van der Waals surface area contributed by atoms with Crippen LogP contribution in [0.5, 0.6) is 0 Å². The zero-order valence-electron chi connectivity index (χ0n) is 13.4. The van der Waals surface area contributed by atoms with Gasteiger partial charge in [-0.3, -0.25) is 0 Å². The van der Waals surface area contributed by atoms with Gasteiger partial charge in [0.15, 0.2) is 0 Å². The van der Waals surface area contributed by atoms with Crippen LogP contribution >= 0.6 is 0 Å². The second-order valence-corrected chi connectivity index (χ2v) is 5.85. The molecule has 0 aliphatic rings. The minimum atomic E-state index is 1.15. The second-order valence-electron chi connectivity index (χ2n) is 5.85. The van der Waals surface area contributed by atoms with E-state index in [4.69, 9.17) is 0 Å². The minimum Gasteiger partial charge on any atom is -0.0885 e. The summed E-state index contributed by atoms with van der Waals surface area (Å²) in [7, 11) is 0. The first-order valence-electron chi connectivity index (χ1n) is 8.53. The summed E-state index contributed by atoms with van der Waals surface area (Å²) in [5.74, 6) is 0. The fourth-order valence-electron chi connectivity index (χ4n) is 2.85. The third kappa shape index (κ3) is 5.38. The van der Waals surface area contributed by atoms with Gasteiger partial charge in [0.2, 0.25) is 0 Å². The van der Waals surface area contributed by atoms with Crippen LogP contribution < -0.4 is 0 Å². The molecule has 0 heteroatoms. The van der Waals surface area contributed by atoms with E-state index in [0.29, 0.717) is 0 Å². The lowest BCUT2D eigenvalue weighted by molar-refractivity contribution is 0.637. The van der Waals surface area contributed by atoms with Gasteiger partial charge in [-0.1, -0.05) is 87.2 Å². The second kappa shape index (κ2) is 9.39. The van der Waals surface area contributed by atoms with Crippen LogP contribution in [-0.2, 0) is 6.42 Å². The van der Waals surface area contributed by atoms with Gasteiger partial charge in [-0.25, -0.2) is 0 Å². The predicted octanol–water partition coefficient (Wildman–Crippen LogP) is 6.69. The summed E-state index contributed by atoms with van der Waals surface area (Å²) < 4.78 is 0. The molecule has 0 amide bonds. The average molecular weight is 280 g/mol. The zero-order valence-corrected chi connectivity index (χ0v) is 13.4. The molecule has 0 spiro atoms. The molecule has 0 bridgehead atoms. The number of aryl methyl sites for hydroxylation is 1. The van der Waals surface area contributed by atoms with E-state index in [1.54, 1.807) is 0 Å². The lowest BCUT2D eigenvalue weighted by atomic mass is 10.0. The van der Waals surface area contributed by atoms with Crippen molar-refractivity contribution in [3.05, 3.63) is 60.2 Å². The number of allylic oxidation sites excluding steroid dienone is 2. The molecule has 2 aromatic rings. The summed E-state index contributed by atoms with van der Waals surface area (Å²) >= 11 is 0. The molecule has 0 aliphatic heterocycles. The van der Waals surface area contributed by atoms with Crippen LogP contribution in [-0.4, -0.2) is 0 Å². The van der Waals surface area contributed by atoms with Crippen LogP contribution in [0.2, 0.25) is 0 Å². The van der Waals surface area contributed by atoms with Crippen molar-refractivity contribution in [2.75, 3.05) is 0 Å². The van der Waals surface area contributed by atoms with E-state index in [9.17, 15) is 0 Å². The van der Waals surface area contributed by atoms with Crippen LogP contribution in [0.25, 0.3) is 10.8 Å². The fourth-order valence-corrected chi connectivity index (χ4v) is 2.85. The Morgan fingerprint density at radius 2 is 1.52 bits per heavy atom. The lowest BCUT2D eigenvalue weighted by Gasteiger charge is -2.04. The van der Waals surface area contributed by atoms with Crippen molar-refractivity contribution in [1.82, 2.24) is 0 Å². The maximum Gasteiger partial charge on any atom is -0.0152 e. The van der Waals surface area contributed by atoms with Crippen molar-refractivity contribution < 1.29 is 0 Å². The number of unbranched alkanes of at least 4 members (excludes halogenated alkanes) is 5. The molecule has 0 fully saturated rings. The van der Waals surface area contributed by atoms with Gasteiger partial charge in [-0.2, -0.15) is 0 Å². The van der Waals surface area contributed by atoms with Crippen LogP contribution in [0, 0.1) is 0 Å². The fraction of sp³-hybridized carbons (Fsp3) is 0.429. The van der Waals surface area contributed by atoms with E-state index < -0.39 is 0 Å². The Morgan fingerprint density at radius 1 is 0.762 bits per heavy atom. The monoisotopic (exact) mass is 280 g/mol. The van der Waals surface area contributed by atoms with E-state index in [1.807, 2.05) is 0 Å². The highest BCUT2D eigenvalue weighted by atomic mass is 14.0. The molecule has 0 aliphatic carbocycles. The van der Waals surface area contributed by atoms with Crippen LogP contribution in [0.3, 0.4) is 0 Å². The summed E-state index contributed by atoms with van der Waals surface area (Å²) in [4.78, 5) is 0. The van der Waals surface area contributed by atoms with E-state index in [2.05, 4.69) is 61.5 Å². The van der Waals surface area contributed by atoms with E-state index in [0.717, 1.165) is 12.8 Å². The molecular formula is C21H28. The summed E-state index contributed by atoms with van der Waals surface area (Å²) in [6, 6.07) is 15.3. The average Bonchev–Trinajstić information content (AvgIpc) is 2.53. The molecule has 0 N–H and O–H groups in total. The summed E-state index contributed by atoms with van der Waals surface area (Å²) in [6.45, 7) is 2.27. The van der Waals surface area contributed by atoms with Crippen molar-refractivity contribution in [2.45, 2.75) is 58.3 Å². The maximum atomic E-state index is 2.37. The lowest BCUT2D eigenvalue weighted by Crippen LogP contribution is -1.85. The van der Waals surface area contributed by atoms with Gasteiger partial charge in [0, 0.05) is 0 Å². The number of benzene rings is 2. The third-order valence-electron chi connectivity index (χ3n) is 4.10. The molecule has 0 atom stereocenters. The predicted molar refractivity (Wildman–Crippen MR) is 94.8 cm³/mol. The van der Waals surface area contributed by atoms with E-state index in [1.165, 1.54) is 54.9 Å². The molecule has 0 heterocycles. The normalized spacial score (nSPS) is 11.5. The zero-order chi connectivity index (χ0) is 14.8. The quantitative estimate of drug-likeness (QED) is 0.354. The maximum absolute atomic E-state index is 2.37. The van der Waals surface area contributed by atoms with Crippen molar-refractivity contribution in [3.63, 3.8) is 0 Å². The molecule has 2 rings (SSSR count). The summed E-state index contributed by atoms with van der Waals surface area (Å²) in [5, 5.41) is 2.77. The molecule has 2 aromatic carbocycles. The van der Waals surface area contributed by atoms with E-state index >= 15 is 0 Å². The Hall–Kier alpha value is -1.56. The highest BCUT2D eigenvalue weighted by molar-refractivity contribution is 5.85. The smallest absolute Gasteiger partial charge is 0.0152 e. The number of hydrogen-bond donors (Lipinski definition) is 0. The van der Waals surface area contributed by atoms with Crippen molar-refractivity contribution in [3.8, 4) is 0 Å². The molecule has 21 heavy (non-hydrogen) atoms. The van der Waals surface area contributed by atoms with Gasteiger partial charge in [0.1, 0.15) is 0 Å². The van der Waals surface area contributed by atoms with Crippen molar-refractivity contribution in [2.24, 2.45) is 0 Å². The molecular weight excluding hydrogens is 252 g/mol. The molecule has 0 unspecified atom stereocenters. The largest absolute Gasteiger partial charge is 0.0885 e. The Kier molecular flexibility index (Phi) is 7.07. The SMILES string of the molecule is CCCCCCC/C=C/CCc1cccc2ccccc12. The Bertz CT molecular complexity index is 545. The van der Waals surface area contributed by atoms with Crippen LogP contribution in [0.4, 0.5) is 0 Å². The first-order valence-corrected chi connectivity index (χ1v) is 8.53. The van der Waals surface area contributed by atoms with Crippen molar-refractivity contribution >= 4 is 10.8 Å². The summed E-state index contributed by atoms with van der Waals surface area (Å²) in [5.41, 5.74) is 1.47. The van der Waals surface area contributed by atoms with Gasteiger partial charge >= 0.3 is 0 Å². The molecule has 112 valence electrons. The molecule has 0 saturated carbocycles. The standard InChI is InChI=1S/C21H28/c1-2-3-4-5-6-7-8-9-10-14-19-16-13-17-20-15-11-12-18-21(19)20/h8-9,11-13,15-18H,2-7,10,14H2,1H3/b9-8+. The van der Waals surface area contributed by atoms with Crippen LogP contribution in [0.1, 0.15) is 57.4 Å². The molecule has 0 radical (unpaired) electrons. The topological polar surface area (TPSA) is 0 Å². The van der Waals surface area contributed by atoms with Crippen LogP contribution in [0.15, 0.2) is 54.6 Å². The first kappa shape index (κ1) is 15.8. The van der Waals surface area contributed by atoms with Gasteiger partial charge in [-0.15, -0.1) is 0 Å². The van der Waals surface area contributed by atoms with Gasteiger partial charge < -0.3 is 0 Å². The Morgan fingerprint density at radius 3 is 2.43 bits per heavy atom. The third-order valence-corrected chi connectivity index (χ3v) is 4.10. The molecule has 0 nitrogen and oxygen atoms in total. The number of hydrogen-bond acceptors (Lipinski definition) is 0. The first-order chi connectivity index (χ1) is 10.4. The highest BCUT2D eigenvalue weighted by Crippen LogP contribution is 2.19. The highest BCUT2D eigenvalue weighted by Gasteiger charge is 1.98. The van der Waals surface area contributed by atoms with Gasteiger partial charge in [-0.05, 0) is 42.0 Å². The molecule has 0 saturated heterocycles. The van der Waals surface area contributed by atoms with Crippen molar-refractivity contribution in [1.29, 1.82) is 0 Å². The van der Waals surface area contributed by atoms with E-state index in [-0.39, 0.29) is 0 Å². The Labute approximate surface area is 129 Å². The van der Waals surface area contributed by atoms with Gasteiger partial charge in [0.25, 0.3) is 0 Å². The summed E-state index contributed by atoms with van der Waals surface area (Å²) in [6.07, 6.45) is 15.2. The van der Waals surface area contributed by atoms with Gasteiger partial charge in [0.05, 0.1) is 0 Å². The number of fused-ring (bicyclic) bond motifs is 1. The Balaban J connectivity index is 1.73.